The number of ketones is 1. The van der Waals surface area contributed by atoms with E-state index in [1.807, 2.05) is 0 Å². The number of aliphatic hydroxyl groups is 5. The van der Waals surface area contributed by atoms with Crippen molar-refractivity contribution in [1.82, 2.24) is 0 Å². The number of methoxy groups -OCH3 is 1. The SMILES string of the molecule is COC(=O)[C@@H]1[C@H](O)[C@H](C)[C@H](O)[C@H](C)/C=C\C=C(/C)C(=O)Nc2c(C)c(OC(C)=O)c3c(c2O)C(=O)C(C)=C2OCOC(=C23)/C(C)=C\[C@@](C)(O)[C@H](O)[C@@H](C)[C@H]1O. The largest absolute Gasteiger partial charge is 0.505 e. The molecular formula is C40H51NO14. The van der Waals surface area contributed by atoms with Gasteiger partial charge < -0.3 is 54.9 Å². The van der Waals surface area contributed by atoms with Crippen LogP contribution in [-0.2, 0) is 28.6 Å². The molecule has 1 amide bonds. The molecule has 4 bridgehead atoms. The summed E-state index contributed by atoms with van der Waals surface area (Å²) in [4.78, 5) is 53.0. The molecule has 3 heterocycles. The van der Waals surface area contributed by atoms with E-state index in [9.17, 15) is 49.8 Å². The number of esters is 2. The second-order valence-electron chi connectivity index (χ2n) is 14.7. The maximum atomic E-state index is 14.0. The van der Waals surface area contributed by atoms with Crippen molar-refractivity contribution in [2.75, 3.05) is 19.2 Å². The number of aromatic hydroxyl groups is 1. The van der Waals surface area contributed by atoms with Gasteiger partial charge in [0, 0.05) is 47.0 Å². The molecular weight excluding hydrogens is 718 g/mol. The van der Waals surface area contributed by atoms with E-state index < -0.39 is 89.9 Å². The van der Waals surface area contributed by atoms with Crippen molar-refractivity contribution < 1.29 is 68.8 Å². The average Bonchev–Trinajstić information content (AvgIpc) is 3.13. The smallest absolute Gasteiger partial charge is 0.313 e. The number of aliphatic hydroxyl groups excluding tert-OH is 4. The molecule has 4 aliphatic rings. The van der Waals surface area contributed by atoms with Gasteiger partial charge in [-0.25, -0.2) is 0 Å². The van der Waals surface area contributed by atoms with Crippen molar-refractivity contribution >= 4 is 34.9 Å². The first-order chi connectivity index (χ1) is 25.6. The van der Waals surface area contributed by atoms with Crippen molar-refractivity contribution in [2.45, 2.75) is 92.3 Å². The molecule has 0 saturated heterocycles. The minimum atomic E-state index is -2.17. The molecule has 300 valence electrons. The van der Waals surface area contributed by atoms with Crippen LogP contribution in [-0.4, -0.2) is 98.2 Å². The Bertz CT molecular complexity index is 1920. The second-order valence-corrected chi connectivity index (χ2v) is 14.7. The lowest BCUT2D eigenvalue weighted by atomic mass is 9.75. The second kappa shape index (κ2) is 16.5. The molecule has 0 radical (unpaired) electrons. The molecule has 9 atom stereocenters. The molecule has 1 aliphatic carbocycles. The first-order valence-electron chi connectivity index (χ1n) is 17.8. The first kappa shape index (κ1) is 42.9. The summed E-state index contributed by atoms with van der Waals surface area (Å²) in [5, 5.41) is 71.8. The summed E-state index contributed by atoms with van der Waals surface area (Å²) >= 11 is 0. The summed E-state index contributed by atoms with van der Waals surface area (Å²) in [5.74, 6) is -8.68. The van der Waals surface area contributed by atoms with E-state index in [0.717, 1.165) is 14.0 Å². The van der Waals surface area contributed by atoms with E-state index in [0.29, 0.717) is 0 Å². The summed E-state index contributed by atoms with van der Waals surface area (Å²) < 4.78 is 22.3. The Hall–Kier alpha value is -4.80. The lowest BCUT2D eigenvalue weighted by Crippen LogP contribution is -2.53. The number of benzene rings is 1. The highest BCUT2D eigenvalue weighted by molar-refractivity contribution is 6.21. The number of hydrogen-bond acceptors (Lipinski definition) is 14. The summed E-state index contributed by atoms with van der Waals surface area (Å²) in [6.07, 6.45) is -0.878. The van der Waals surface area contributed by atoms with Gasteiger partial charge in [-0.1, -0.05) is 39.0 Å². The topological polar surface area (TPSA) is 239 Å². The molecule has 0 saturated carbocycles. The summed E-state index contributed by atoms with van der Waals surface area (Å²) in [6.45, 7) is 12.3. The van der Waals surface area contributed by atoms with Gasteiger partial charge in [0.1, 0.15) is 28.8 Å². The van der Waals surface area contributed by atoms with Gasteiger partial charge in [-0.05, 0) is 46.3 Å². The number of anilines is 1. The van der Waals surface area contributed by atoms with E-state index in [2.05, 4.69) is 5.32 Å². The number of ether oxygens (including phenoxy) is 4. The Balaban J connectivity index is 2.07. The molecule has 0 fully saturated rings. The molecule has 15 nitrogen and oxygen atoms in total. The average molecular weight is 770 g/mol. The summed E-state index contributed by atoms with van der Waals surface area (Å²) in [5.41, 5.74) is -2.34. The first-order valence-corrected chi connectivity index (χ1v) is 17.8. The lowest BCUT2D eigenvalue weighted by molar-refractivity contribution is -0.168. The number of nitrogens with one attached hydrogen (secondary N) is 1. The Kier molecular flexibility index (Phi) is 12.9. The molecule has 0 aromatic heterocycles. The number of rotatable bonds is 2. The zero-order valence-electron chi connectivity index (χ0n) is 32.6. The molecule has 3 aliphatic heterocycles. The Morgan fingerprint density at radius 3 is 2.11 bits per heavy atom. The number of hydrogen-bond donors (Lipinski definition) is 7. The Labute approximate surface area is 319 Å². The molecule has 55 heavy (non-hydrogen) atoms. The highest BCUT2D eigenvalue weighted by atomic mass is 16.7. The van der Waals surface area contributed by atoms with E-state index in [-0.39, 0.29) is 61.9 Å². The number of phenols is 1. The number of phenolic OH excluding ortho intramolecular Hbond substituents is 1. The van der Waals surface area contributed by atoms with Crippen LogP contribution in [0.4, 0.5) is 5.69 Å². The minimum Gasteiger partial charge on any atom is -0.505 e. The fraction of sp³-hybridized carbons (Fsp3) is 0.500. The van der Waals surface area contributed by atoms with Crippen LogP contribution < -0.4 is 10.1 Å². The predicted molar refractivity (Wildman–Crippen MR) is 198 cm³/mol. The minimum absolute atomic E-state index is 0.00256. The highest BCUT2D eigenvalue weighted by Crippen LogP contribution is 2.53. The summed E-state index contributed by atoms with van der Waals surface area (Å²) in [6, 6.07) is 0. The van der Waals surface area contributed by atoms with Gasteiger partial charge >= 0.3 is 11.9 Å². The molecule has 1 aromatic rings. The van der Waals surface area contributed by atoms with Crippen LogP contribution in [0.3, 0.4) is 0 Å². The normalized spacial score (nSPS) is 33.3. The van der Waals surface area contributed by atoms with Crippen molar-refractivity contribution in [3.05, 3.63) is 69.2 Å². The number of carbonyl (C=O) groups excluding carboxylic acids is 4. The molecule has 0 unspecified atom stereocenters. The zero-order chi connectivity index (χ0) is 41.4. The number of amides is 1. The third-order valence-electron chi connectivity index (χ3n) is 10.6. The zero-order valence-corrected chi connectivity index (χ0v) is 32.6. The maximum Gasteiger partial charge on any atom is 0.313 e. The maximum absolute atomic E-state index is 14.0. The van der Waals surface area contributed by atoms with Crippen LogP contribution in [0.1, 0.15) is 76.9 Å². The van der Waals surface area contributed by atoms with Crippen LogP contribution in [0.5, 0.6) is 11.5 Å². The van der Waals surface area contributed by atoms with Crippen molar-refractivity contribution in [2.24, 2.45) is 23.7 Å². The van der Waals surface area contributed by atoms with Gasteiger partial charge in [-0.2, -0.15) is 0 Å². The Morgan fingerprint density at radius 2 is 1.51 bits per heavy atom. The highest BCUT2D eigenvalue weighted by Gasteiger charge is 2.47. The number of carbonyl (C=O) groups is 4. The van der Waals surface area contributed by atoms with Gasteiger partial charge in [-0.3, -0.25) is 19.2 Å². The van der Waals surface area contributed by atoms with Crippen molar-refractivity contribution in [3.8, 4) is 11.5 Å². The van der Waals surface area contributed by atoms with E-state index >= 15 is 0 Å². The molecule has 1 aromatic carbocycles. The fourth-order valence-electron chi connectivity index (χ4n) is 7.28. The van der Waals surface area contributed by atoms with E-state index in [1.54, 1.807) is 13.0 Å². The van der Waals surface area contributed by atoms with Gasteiger partial charge in [0.2, 0.25) is 6.79 Å². The molecule has 7 N–H and O–H groups in total. The standard InChI is InChI=1S/C40H51NO14/c1-16-12-11-13-17(2)38(49)41-28-19(4)36(55-23(8)42)24-25(33(28)47)31(45)21(6)35-26(24)34(53-15-54-35)18(3)14-40(9,51)37(48)22(7)32(46)27(39(50)52-10)30(44)20(5)29(16)43/h11-14,16,20,22,27,29-30,32,37,43-44,46-48,51H,15H2,1-10H3,(H,41,49)/b12-11-,17-13+,18-14-/t16-,20-,22+,27-,29-,30-,32-,37-,40-/m1/s1. The lowest BCUT2D eigenvalue weighted by Gasteiger charge is -2.39. The molecule has 15 heteroatoms. The predicted octanol–water partition coefficient (Wildman–Crippen LogP) is 3.10. The van der Waals surface area contributed by atoms with Crippen molar-refractivity contribution in [1.29, 1.82) is 0 Å². The molecule has 0 spiro atoms. The monoisotopic (exact) mass is 769 g/mol. The quantitative estimate of drug-likeness (QED) is 0.130. The third kappa shape index (κ3) is 8.12. The fourth-order valence-corrected chi connectivity index (χ4v) is 7.28. The third-order valence-corrected chi connectivity index (χ3v) is 10.6. The van der Waals surface area contributed by atoms with E-state index in [1.165, 1.54) is 66.7 Å². The Morgan fingerprint density at radius 1 is 0.909 bits per heavy atom. The number of allylic oxidation sites excluding steroid dienone is 5. The van der Waals surface area contributed by atoms with Gasteiger partial charge in [-0.15, -0.1) is 0 Å². The van der Waals surface area contributed by atoms with Crippen LogP contribution in [0.2, 0.25) is 0 Å². The van der Waals surface area contributed by atoms with Crippen LogP contribution in [0.15, 0.2) is 52.5 Å². The van der Waals surface area contributed by atoms with Crippen LogP contribution >= 0.6 is 0 Å². The number of Topliss-reactive ketones (excluding diaryl/α,β-unsaturated/α-hetero) is 1. The summed E-state index contributed by atoms with van der Waals surface area (Å²) in [7, 11) is 1.06. The van der Waals surface area contributed by atoms with E-state index in [4.69, 9.17) is 18.9 Å². The van der Waals surface area contributed by atoms with Crippen LogP contribution in [0, 0.1) is 30.6 Å². The van der Waals surface area contributed by atoms with Gasteiger partial charge in [0.25, 0.3) is 5.91 Å². The molecule has 5 rings (SSSR count). The van der Waals surface area contributed by atoms with Crippen molar-refractivity contribution in [3.63, 3.8) is 0 Å². The van der Waals surface area contributed by atoms with Crippen LogP contribution in [0.25, 0.3) is 5.57 Å². The number of fused-ring (bicyclic) bond motifs is 14. The van der Waals surface area contributed by atoms with Gasteiger partial charge in [0.15, 0.2) is 11.5 Å². The van der Waals surface area contributed by atoms with Gasteiger partial charge in [0.05, 0.1) is 48.3 Å².